The van der Waals surface area contributed by atoms with Gasteiger partial charge in [0.25, 0.3) is 0 Å². The fraction of sp³-hybridized carbons (Fsp3) is 0.588. The predicted octanol–water partition coefficient (Wildman–Crippen LogP) is 5.01. The molecule has 4 aliphatic carbocycles. The molecule has 4 saturated carbocycles. The topological polar surface area (TPSA) is 21.6 Å². The van der Waals surface area contributed by atoms with Crippen LogP contribution in [-0.4, -0.2) is 15.6 Å². The number of thioether (sulfide) groups is 1. The van der Waals surface area contributed by atoms with Gasteiger partial charge in [-0.15, -0.1) is 0 Å². The van der Waals surface area contributed by atoms with E-state index in [-0.39, 0.29) is 4.93 Å². The molecule has 5 aliphatic rings. The van der Waals surface area contributed by atoms with Gasteiger partial charge < -0.3 is 4.84 Å². The van der Waals surface area contributed by atoms with Crippen LogP contribution in [0.2, 0.25) is 5.02 Å². The van der Waals surface area contributed by atoms with Gasteiger partial charge in [-0.2, -0.15) is 0 Å². The third-order valence-corrected chi connectivity index (χ3v) is 7.69. The molecule has 3 unspecified atom stereocenters. The lowest BCUT2D eigenvalue weighted by Crippen LogP contribution is -2.60. The van der Waals surface area contributed by atoms with Gasteiger partial charge in [0.05, 0.1) is 0 Å². The van der Waals surface area contributed by atoms with Crippen LogP contribution >= 0.6 is 23.4 Å². The zero-order valence-corrected chi connectivity index (χ0v) is 13.7. The Labute approximate surface area is 138 Å². The molecule has 1 spiro atoms. The van der Waals surface area contributed by atoms with Crippen LogP contribution in [0.5, 0.6) is 0 Å². The summed E-state index contributed by atoms with van der Waals surface area (Å²) in [7, 11) is 0. The van der Waals surface area contributed by atoms with Crippen LogP contribution in [0, 0.1) is 17.8 Å². The largest absolute Gasteiger partial charge is 0.376 e. The highest BCUT2D eigenvalue weighted by Gasteiger charge is 2.66. The van der Waals surface area contributed by atoms with Crippen molar-refractivity contribution >= 4 is 28.4 Å². The van der Waals surface area contributed by atoms with E-state index in [0.29, 0.717) is 30.6 Å². The average Bonchev–Trinajstić information content (AvgIpc) is 2.90. The zero-order valence-electron chi connectivity index (χ0n) is 12.1. The molecule has 0 saturated heterocycles. The van der Waals surface area contributed by atoms with Crippen molar-refractivity contribution in [1.82, 2.24) is 0 Å². The summed E-state index contributed by atoms with van der Waals surface area (Å²) >= 11 is 7.68. The highest BCUT2D eigenvalue weighted by atomic mass is 35.5. The van der Waals surface area contributed by atoms with E-state index in [9.17, 15) is 4.39 Å². The lowest BCUT2D eigenvalue weighted by atomic mass is 9.53. The van der Waals surface area contributed by atoms with Gasteiger partial charge in [-0.1, -0.05) is 40.7 Å². The Morgan fingerprint density at radius 1 is 1.14 bits per heavy atom. The summed E-state index contributed by atoms with van der Waals surface area (Å²) in [4.78, 5) is 5.69. The molecule has 1 aliphatic heterocycles. The quantitative estimate of drug-likeness (QED) is 0.718. The number of hydrogen-bond donors (Lipinski definition) is 0. The fourth-order valence-electron chi connectivity index (χ4n) is 5.15. The van der Waals surface area contributed by atoms with Crippen molar-refractivity contribution in [2.75, 3.05) is 0 Å². The summed E-state index contributed by atoms with van der Waals surface area (Å²) < 4.78 is 14.9. The minimum Gasteiger partial charge on any atom is -0.376 e. The Balaban J connectivity index is 1.45. The smallest absolute Gasteiger partial charge is 0.194 e. The first-order chi connectivity index (χ1) is 10.6. The summed E-state index contributed by atoms with van der Waals surface area (Å²) in [5, 5.41) is 6.01. The second-order valence-corrected chi connectivity index (χ2v) is 8.98. The van der Waals surface area contributed by atoms with Crippen LogP contribution in [0.4, 0.5) is 4.39 Å². The second-order valence-electron chi connectivity index (χ2n) is 7.31. The molecule has 1 aromatic rings. The Bertz CT molecular complexity index is 645. The maximum Gasteiger partial charge on any atom is 0.194 e. The summed E-state index contributed by atoms with van der Waals surface area (Å²) in [6.07, 6.45) is 4.26. The Morgan fingerprint density at radius 2 is 1.82 bits per heavy atom. The zero-order chi connectivity index (χ0) is 14.9. The molecule has 0 N–H and O–H groups in total. The molecule has 4 fully saturated rings. The van der Waals surface area contributed by atoms with E-state index in [1.54, 1.807) is 11.8 Å². The molecule has 22 heavy (non-hydrogen) atoms. The molecule has 6 rings (SSSR count). The molecule has 4 bridgehead atoms. The van der Waals surface area contributed by atoms with Crippen LogP contribution in [-0.2, 0) is 4.84 Å². The van der Waals surface area contributed by atoms with Crippen molar-refractivity contribution in [1.29, 1.82) is 0 Å². The van der Waals surface area contributed by atoms with Crippen LogP contribution in [0.3, 0.4) is 0 Å². The molecular weight excluding hydrogens is 321 g/mol. The van der Waals surface area contributed by atoms with E-state index >= 15 is 0 Å². The number of hydrogen-bond acceptors (Lipinski definition) is 3. The van der Waals surface area contributed by atoms with E-state index in [1.165, 1.54) is 0 Å². The van der Waals surface area contributed by atoms with Crippen molar-refractivity contribution in [2.45, 2.75) is 42.7 Å². The van der Waals surface area contributed by atoms with Crippen LogP contribution in [0.1, 0.15) is 37.7 Å². The number of oxime groups is 1. The number of alkyl halides is 1. The first-order valence-electron chi connectivity index (χ1n) is 7.96. The summed E-state index contributed by atoms with van der Waals surface area (Å²) in [6, 6.07) is 7.70. The van der Waals surface area contributed by atoms with Crippen LogP contribution in [0.15, 0.2) is 29.4 Å². The Morgan fingerprint density at radius 3 is 2.45 bits per heavy atom. The van der Waals surface area contributed by atoms with Gasteiger partial charge in [-0.05, 0) is 50.2 Å². The fourth-order valence-corrected chi connectivity index (χ4v) is 6.68. The Hall–Kier alpha value is -0.740. The van der Waals surface area contributed by atoms with E-state index in [4.69, 9.17) is 16.4 Å². The van der Waals surface area contributed by atoms with Crippen molar-refractivity contribution in [3.63, 3.8) is 0 Å². The summed E-state index contributed by atoms with van der Waals surface area (Å²) in [6.45, 7) is 0. The molecule has 0 amide bonds. The van der Waals surface area contributed by atoms with Gasteiger partial charge in [0.1, 0.15) is 10.7 Å². The first-order valence-corrected chi connectivity index (χ1v) is 9.16. The van der Waals surface area contributed by atoms with Gasteiger partial charge in [0.15, 0.2) is 4.93 Å². The molecule has 1 heterocycles. The van der Waals surface area contributed by atoms with Gasteiger partial charge in [0.2, 0.25) is 0 Å². The van der Waals surface area contributed by atoms with Crippen molar-refractivity contribution in [3.05, 3.63) is 34.9 Å². The maximum atomic E-state index is 14.9. The third-order valence-electron chi connectivity index (χ3n) is 5.87. The normalized spacial score (nSPS) is 45.2. The first kappa shape index (κ1) is 13.7. The molecule has 0 radical (unpaired) electrons. The molecule has 116 valence electrons. The highest BCUT2D eigenvalue weighted by Crippen LogP contribution is 2.67. The Kier molecular flexibility index (Phi) is 2.74. The number of rotatable bonds is 1. The van der Waals surface area contributed by atoms with Crippen molar-refractivity contribution in [2.24, 2.45) is 22.9 Å². The van der Waals surface area contributed by atoms with Gasteiger partial charge in [0, 0.05) is 22.4 Å². The molecule has 5 heteroatoms. The van der Waals surface area contributed by atoms with E-state index < -0.39 is 5.67 Å². The molecule has 5 atom stereocenters. The van der Waals surface area contributed by atoms with Crippen LogP contribution in [0.25, 0.3) is 0 Å². The van der Waals surface area contributed by atoms with Crippen molar-refractivity contribution in [3.8, 4) is 0 Å². The lowest BCUT2D eigenvalue weighted by Gasteiger charge is -2.59. The average molecular weight is 338 g/mol. The third kappa shape index (κ3) is 1.83. The standard InChI is InChI=1S/C17H17ClFNOS/c18-14-3-1-11(2-4-14)15-20-21-17(22-15)12-5-10-6-13(17)9-16(19,7-10)8-12/h1-4,10,12-13H,5-9H2/t10?,12-,13+,16?,17?. The monoisotopic (exact) mass is 337 g/mol. The second kappa shape index (κ2) is 4.41. The minimum absolute atomic E-state index is 0.294. The van der Waals surface area contributed by atoms with Gasteiger partial charge >= 0.3 is 0 Å². The maximum absolute atomic E-state index is 14.9. The minimum atomic E-state index is -0.936. The highest BCUT2D eigenvalue weighted by molar-refractivity contribution is 8.15. The molecular formula is C17H17ClFNOS. The number of benzene rings is 1. The van der Waals surface area contributed by atoms with Gasteiger partial charge in [-0.25, -0.2) is 4.39 Å². The predicted molar refractivity (Wildman–Crippen MR) is 86.8 cm³/mol. The van der Waals surface area contributed by atoms with Crippen LogP contribution < -0.4 is 0 Å². The van der Waals surface area contributed by atoms with Gasteiger partial charge in [-0.3, -0.25) is 0 Å². The molecule has 0 aromatic heterocycles. The van der Waals surface area contributed by atoms with E-state index in [0.717, 1.165) is 34.9 Å². The molecule has 1 aromatic carbocycles. The van der Waals surface area contributed by atoms with E-state index in [2.05, 4.69) is 5.16 Å². The molecule has 2 nitrogen and oxygen atoms in total. The van der Waals surface area contributed by atoms with Crippen molar-refractivity contribution < 1.29 is 9.23 Å². The number of halogens is 2. The SMILES string of the molecule is FC12CC3C[C@H](C1)C1(ON=C(c4ccc(Cl)cc4)S1)[C@@H](C3)C2. The summed E-state index contributed by atoms with van der Waals surface area (Å²) in [5.74, 6) is 1.14. The van der Waals surface area contributed by atoms with E-state index in [1.807, 2.05) is 24.3 Å². The lowest BCUT2D eigenvalue weighted by molar-refractivity contribution is -0.180. The summed E-state index contributed by atoms with van der Waals surface area (Å²) in [5.41, 5.74) is 0.101. The number of nitrogens with zero attached hydrogens (tertiary/aromatic N) is 1.